The zero-order valence-electron chi connectivity index (χ0n) is 9.27. The SMILES string of the molecule is O=C(O)c1cc2c(s1)-c1cccc(Br)c1OCC2. The maximum Gasteiger partial charge on any atom is 0.345 e. The summed E-state index contributed by atoms with van der Waals surface area (Å²) < 4.78 is 6.63. The Kier molecular flexibility index (Phi) is 2.87. The number of rotatable bonds is 1. The Balaban J connectivity index is 2.24. The number of carboxylic acids is 1. The molecule has 18 heavy (non-hydrogen) atoms. The van der Waals surface area contributed by atoms with Gasteiger partial charge in [-0.1, -0.05) is 6.07 Å². The average molecular weight is 325 g/mol. The number of thiophene rings is 1. The molecule has 0 amide bonds. The van der Waals surface area contributed by atoms with Gasteiger partial charge in [0.15, 0.2) is 0 Å². The highest BCUT2D eigenvalue weighted by Crippen LogP contribution is 2.43. The lowest BCUT2D eigenvalue weighted by molar-refractivity contribution is 0.0702. The third-order valence-electron chi connectivity index (χ3n) is 2.85. The van der Waals surface area contributed by atoms with Gasteiger partial charge in [-0.25, -0.2) is 4.79 Å². The summed E-state index contributed by atoms with van der Waals surface area (Å²) in [5.74, 6) is -0.0689. The number of hydrogen-bond acceptors (Lipinski definition) is 3. The van der Waals surface area contributed by atoms with Crippen molar-refractivity contribution in [1.29, 1.82) is 0 Å². The maximum atomic E-state index is 11.1. The minimum atomic E-state index is -0.870. The van der Waals surface area contributed by atoms with Crippen molar-refractivity contribution in [3.8, 4) is 16.2 Å². The van der Waals surface area contributed by atoms with Crippen LogP contribution in [0.2, 0.25) is 0 Å². The van der Waals surface area contributed by atoms with Crippen LogP contribution in [0.15, 0.2) is 28.7 Å². The molecule has 92 valence electrons. The Labute approximate surface area is 116 Å². The Morgan fingerprint density at radius 3 is 3.06 bits per heavy atom. The van der Waals surface area contributed by atoms with E-state index in [4.69, 9.17) is 9.84 Å². The van der Waals surface area contributed by atoms with Gasteiger partial charge in [0.05, 0.1) is 11.1 Å². The fraction of sp³-hybridized carbons (Fsp3) is 0.154. The molecule has 0 saturated carbocycles. The van der Waals surface area contributed by atoms with Crippen molar-refractivity contribution in [3.05, 3.63) is 39.2 Å². The van der Waals surface area contributed by atoms with Crippen LogP contribution in [0.3, 0.4) is 0 Å². The van der Waals surface area contributed by atoms with Crippen molar-refractivity contribution in [2.45, 2.75) is 6.42 Å². The van der Waals surface area contributed by atoms with Crippen molar-refractivity contribution in [3.63, 3.8) is 0 Å². The van der Waals surface area contributed by atoms with E-state index >= 15 is 0 Å². The van der Waals surface area contributed by atoms with Gasteiger partial charge in [0.1, 0.15) is 10.6 Å². The molecule has 0 radical (unpaired) electrons. The van der Waals surface area contributed by atoms with Gasteiger partial charge < -0.3 is 9.84 Å². The molecule has 0 spiro atoms. The molecule has 0 atom stereocenters. The second kappa shape index (κ2) is 4.40. The standard InChI is InChI=1S/C13H9BrO3S/c14-9-3-1-2-8-11(9)17-5-4-7-6-10(13(15)16)18-12(7)8/h1-3,6H,4-5H2,(H,15,16). The lowest BCUT2D eigenvalue weighted by Gasteiger charge is -2.08. The summed E-state index contributed by atoms with van der Waals surface area (Å²) in [5, 5.41) is 9.08. The van der Waals surface area contributed by atoms with E-state index in [1.807, 2.05) is 18.2 Å². The van der Waals surface area contributed by atoms with E-state index in [1.54, 1.807) is 6.07 Å². The van der Waals surface area contributed by atoms with Crippen LogP contribution < -0.4 is 4.74 Å². The molecular formula is C13H9BrO3S. The van der Waals surface area contributed by atoms with E-state index in [0.717, 1.165) is 32.6 Å². The number of benzene rings is 1. The molecule has 1 N–H and O–H groups in total. The normalized spacial score (nSPS) is 13.2. The third-order valence-corrected chi connectivity index (χ3v) is 4.67. The minimum absolute atomic E-state index is 0.382. The van der Waals surface area contributed by atoms with Crippen LogP contribution in [0.4, 0.5) is 0 Å². The molecular weight excluding hydrogens is 316 g/mol. The summed E-state index contributed by atoms with van der Waals surface area (Å²) in [6.07, 6.45) is 0.736. The number of carbonyl (C=O) groups is 1. The van der Waals surface area contributed by atoms with E-state index in [0.29, 0.717) is 11.5 Å². The second-order valence-corrected chi connectivity index (χ2v) is 5.89. The van der Waals surface area contributed by atoms with Crippen molar-refractivity contribution < 1.29 is 14.6 Å². The predicted molar refractivity (Wildman–Crippen MR) is 73.6 cm³/mol. The summed E-state index contributed by atoms with van der Waals surface area (Å²) in [5.41, 5.74) is 2.02. The van der Waals surface area contributed by atoms with Crippen LogP contribution in [0.5, 0.6) is 5.75 Å². The van der Waals surface area contributed by atoms with E-state index in [-0.39, 0.29) is 0 Å². The summed E-state index contributed by atoms with van der Waals surface area (Å²) in [7, 11) is 0. The second-order valence-electron chi connectivity index (χ2n) is 3.99. The maximum absolute atomic E-state index is 11.1. The summed E-state index contributed by atoms with van der Waals surface area (Å²) in [6.45, 7) is 0.568. The first-order valence-corrected chi connectivity index (χ1v) is 7.05. The lowest BCUT2D eigenvalue weighted by atomic mass is 10.1. The predicted octanol–water partition coefficient (Wildman–Crippen LogP) is 3.81. The highest BCUT2D eigenvalue weighted by atomic mass is 79.9. The molecule has 1 aliphatic rings. The largest absolute Gasteiger partial charge is 0.491 e. The molecule has 0 saturated heterocycles. The smallest absolute Gasteiger partial charge is 0.345 e. The van der Waals surface area contributed by atoms with E-state index < -0.39 is 5.97 Å². The molecule has 1 aromatic heterocycles. The first-order chi connectivity index (χ1) is 8.66. The van der Waals surface area contributed by atoms with Gasteiger partial charge in [0, 0.05) is 16.9 Å². The number of aromatic carboxylic acids is 1. The molecule has 2 heterocycles. The molecule has 0 fully saturated rings. The molecule has 0 bridgehead atoms. The van der Waals surface area contributed by atoms with Crippen molar-refractivity contribution in [1.82, 2.24) is 0 Å². The number of carboxylic acid groups (broad SMARTS) is 1. The Bertz CT molecular complexity index is 633. The first-order valence-electron chi connectivity index (χ1n) is 5.44. The highest BCUT2D eigenvalue weighted by Gasteiger charge is 2.21. The number of ether oxygens (including phenoxy) is 1. The zero-order valence-corrected chi connectivity index (χ0v) is 11.7. The number of fused-ring (bicyclic) bond motifs is 3. The molecule has 2 aromatic rings. The molecule has 1 aliphatic heterocycles. The van der Waals surface area contributed by atoms with Crippen molar-refractivity contribution in [2.75, 3.05) is 6.61 Å². The highest BCUT2D eigenvalue weighted by molar-refractivity contribution is 9.10. The van der Waals surface area contributed by atoms with Gasteiger partial charge in [-0.05, 0) is 39.7 Å². The van der Waals surface area contributed by atoms with Gasteiger partial charge in [0.25, 0.3) is 0 Å². The Morgan fingerprint density at radius 1 is 1.44 bits per heavy atom. The Morgan fingerprint density at radius 2 is 2.28 bits per heavy atom. The van der Waals surface area contributed by atoms with Crippen LogP contribution in [-0.2, 0) is 6.42 Å². The fourth-order valence-corrected chi connectivity index (χ4v) is 3.60. The summed E-state index contributed by atoms with van der Waals surface area (Å²) in [6, 6.07) is 7.57. The van der Waals surface area contributed by atoms with Crippen molar-refractivity contribution >= 4 is 33.2 Å². The van der Waals surface area contributed by atoms with Crippen LogP contribution >= 0.6 is 27.3 Å². The molecule has 1 aromatic carbocycles. The van der Waals surface area contributed by atoms with Gasteiger partial charge in [-0.2, -0.15) is 0 Å². The van der Waals surface area contributed by atoms with Gasteiger partial charge in [-0.3, -0.25) is 0 Å². The zero-order chi connectivity index (χ0) is 12.7. The minimum Gasteiger partial charge on any atom is -0.491 e. The van der Waals surface area contributed by atoms with E-state index in [2.05, 4.69) is 15.9 Å². The topological polar surface area (TPSA) is 46.5 Å². The van der Waals surface area contributed by atoms with E-state index in [9.17, 15) is 4.79 Å². The monoisotopic (exact) mass is 324 g/mol. The Hall–Kier alpha value is -1.33. The molecule has 5 heteroatoms. The first kappa shape index (κ1) is 11.7. The lowest BCUT2D eigenvalue weighted by Crippen LogP contribution is -1.99. The molecule has 3 rings (SSSR count). The van der Waals surface area contributed by atoms with Crippen molar-refractivity contribution in [2.24, 2.45) is 0 Å². The summed E-state index contributed by atoms with van der Waals surface area (Å²) >= 11 is 4.78. The summed E-state index contributed by atoms with van der Waals surface area (Å²) in [4.78, 5) is 12.4. The number of para-hydroxylation sites is 1. The van der Waals surface area contributed by atoms with Gasteiger partial charge >= 0.3 is 5.97 Å². The van der Waals surface area contributed by atoms with Gasteiger partial charge in [-0.15, -0.1) is 11.3 Å². The van der Waals surface area contributed by atoms with Crippen LogP contribution in [0.1, 0.15) is 15.2 Å². The number of halogens is 1. The van der Waals surface area contributed by atoms with Crippen LogP contribution in [-0.4, -0.2) is 17.7 Å². The number of hydrogen-bond donors (Lipinski definition) is 1. The molecule has 0 aliphatic carbocycles. The fourth-order valence-electron chi connectivity index (χ4n) is 2.05. The molecule has 3 nitrogen and oxygen atoms in total. The quantitative estimate of drug-likeness (QED) is 0.867. The van der Waals surface area contributed by atoms with Crippen LogP contribution in [0.25, 0.3) is 10.4 Å². The third kappa shape index (κ3) is 1.83. The average Bonchev–Trinajstić information content (AvgIpc) is 2.68. The van der Waals surface area contributed by atoms with E-state index in [1.165, 1.54) is 11.3 Å². The van der Waals surface area contributed by atoms with Crippen LogP contribution in [0, 0.1) is 0 Å². The van der Waals surface area contributed by atoms with Gasteiger partial charge in [0.2, 0.25) is 0 Å². The molecule has 0 unspecified atom stereocenters.